The van der Waals surface area contributed by atoms with E-state index < -0.39 is 11.7 Å². The van der Waals surface area contributed by atoms with Crippen LogP contribution in [0.2, 0.25) is 0 Å². The molecule has 0 spiro atoms. The average Bonchev–Trinajstić information content (AvgIpc) is 2.02. The van der Waals surface area contributed by atoms with E-state index in [4.69, 9.17) is 5.73 Å². The minimum absolute atomic E-state index is 0.173. The highest BCUT2D eigenvalue weighted by Crippen LogP contribution is 2.13. The highest BCUT2D eigenvalue weighted by Gasteiger charge is 2.23. The Balaban J connectivity index is 3.49. The molecule has 0 heterocycles. The summed E-state index contributed by atoms with van der Waals surface area (Å²) in [7, 11) is 0. The van der Waals surface area contributed by atoms with Crippen molar-refractivity contribution in [3.8, 4) is 0 Å². The Morgan fingerprint density at radius 3 is 2.64 bits per heavy atom. The van der Waals surface area contributed by atoms with E-state index >= 15 is 0 Å². The van der Waals surface area contributed by atoms with E-state index in [0.717, 1.165) is 0 Å². The van der Waals surface area contributed by atoms with Crippen molar-refractivity contribution in [1.82, 2.24) is 5.32 Å². The molecular weight excluding hydrogens is 184 g/mol. The van der Waals surface area contributed by atoms with Crippen molar-refractivity contribution in [2.24, 2.45) is 11.7 Å². The van der Waals surface area contributed by atoms with Gasteiger partial charge in [0.2, 0.25) is 0 Å². The maximum absolute atomic E-state index is 10.2. The number of nitrogens with two attached hydrogens (primary N) is 1. The molecular formula is C9H20N2O3. The standard InChI is InChI=1S/C9H20N2O3/c1-7(2)9(3,13)6-11-4-5-14-8(10)12/h7,11,13H,4-6H2,1-3H3,(H2,10,12). The zero-order valence-electron chi connectivity index (χ0n) is 9.04. The molecule has 0 aromatic rings. The Hall–Kier alpha value is -0.810. The van der Waals surface area contributed by atoms with Crippen molar-refractivity contribution in [3.05, 3.63) is 0 Å². The van der Waals surface area contributed by atoms with Crippen LogP contribution in [0, 0.1) is 5.92 Å². The second kappa shape index (κ2) is 5.82. The molecule has 0 rings (SSSR count). The molecule has 0 aliphatic rings. The monoisotopic (exact) mass is 204 g/mol. The molecule has 0 bridgehead atoms. The zero-order chi connectivity index (χ0) is 11.2. The van der Waals surface area contributed by atoms with Crippen molar-refractivity contribution in [2.45, 2.75) is 26.4 Å². The quantitative estimate of drug-likeness (QED) is 0.535. The van der Waals surface area contributed by atoms with Crippen molar-refractivity contribution in [1.29, 1.82) is 0 Å². The minimum Gasteiger partial charge on any atom is -0.448 e. The van der Waals surface area contributed by atoms with Gasteiger partial charge >= 0.3 is 6.09 Å². The fraction of sp³-hybridized carbons (Fsp3) is 0.889. The van der Waals surface area contributed by atoms with Gasteiger partial charge in [-0.2, -0.15) is 0 Å². The number of hydrogen-bond acceptors (Lipinski definition) is 4. The lowest BCUT2D eigenvalue weighted by Crippen LogP contribution is -2.43. The van der Waals surface area contributed by atoms with Gasteiger partial charge in [0.25, 0.3) is 0 Å². The van der Waals surface area contributed by atoms with Gasteiger partial charge in [0, 0.05) is 13.1 Å². The first-order valence-corrected chi connectivity index (χ1v) is 4.71. The number of amides is 1. The van der Waals surface area contributed by atoms with E-state index in [-0.39, 0.29) is 12.5 Å². The van der Waals surface area contributed by atoms with Gasteiger partial charge in [-0.25, -0.2) is 4.79 Å². The topological polar surface area (TPSA) is 84.6 Å². The molecule has 5 nitrogen and oxygen atoms in total. The van der Waals surface area contributed by atoms with Crippen molar-refractivity contribution in [3.63, 3.8) is 0 Å². The number of carbonyl (C=O) groups is 1. The molecule has 1 unspecified atom stereocenters. The molecule has 1 atom stereocenters. The summed E-state index contributed by atoms with van der Waals surface area (Å²) in [5, 5.41) is 12.8. The molecule has 0 aromatic heterocycles. The second-order valence-corrected chi connectivity index (χ2v) is 3.86. The van der Waals surface area contributed by atoms with E-state index in [1.807, 2.05) is 13.8 Å². The Kier molecular flexibility index (Phi) is 5.49. The molecule has 0 saturated heterocycles. The highest BCUT2D eigenvalue weighted by molar-refractivity contribution is 5.64. The predicted octanol–water partition coefficient (Wildman–Crippen LogP) is 0.0783. The summed E-state index contributed by atoms with van der Waals surface area (Å²) in [5.74, 6) is 0.173. The second-order valence-electron chi connectivity index (χ2n) is 3.86. The van der Waals surface area contributed by atoms with Gasteiger partial charge in [-0.1, -0.05) is 13.8 Å². The molecule has 1 amide bonds. The number of hydrogen-bond donors (Lipinski definition) is 3. The van der Waals surface area contributed by atoms with Crippen LogP contribution in [0.25, 0.3) is 0 Å². The first-order chi connectivity index (χ1) is 6.36. The van der Waals surface area contributed by atoms with E-state index in [2.05, 4.69) is 10.1 Å². The van der Waals surface area contributed by atoms with Gasteiger partial charge in [0.05, 0.1) is 5.60 Å². The van der Waals surface area contributed by atoms with Crippen LogP contribution in [0.15, 0.2) is 0 Å². The number of ether oxygens (including phenoxy) is 1. The molecule has 0 radical (unpaired) electrons. The summed E-state index contributed by atoms with van der Waals surface area (Å²) in [5.41, 5.74) is 4.03. The fourth-order valence-electron chi connectivity index (χ4n) is 0.769. The Morgan fingerprint density at radius 1 is 1.64 bits per heavy atom. The zero-order valence-corrected chi connectivity index (χ0v) is 9.04. The van der Waals surface area contributed by atoms with Crippen LogP contribution in [0.1, 0.15) is 20.8 Å². The van der Waals surface area contributed by atoms with Gasteiger partial charge in [0.15, 0.2) is 0 Å². The third kappa shape index (κ3) is 5.77. The highest BCUT2D eigenvalue weighted by atomic mass is 16.5. The number of primary amides is 1. The summed E-state index contributed by atoms with van der Waals surface area (Å²) in [4.78, 5) is 10.2. The van der Waals surface area contributed by atoms with E-state index in [0.29, 0.717) is 13.1 Å². The molecule has 14 heavy (non-hydrogen) atoms. The Bertz CT molecular complexity index is 181. The number of carbonyl (C=O) groups excluding carboxylic acids is 1. The summed E-state index contributed by atoms with van der Waals surface area (Å²) < 4.78 is 4.51. The molecule has 0 aliphatic heterocycles. The smallest absolute Gasteiger partial charge is 0.404 e. The number of nitrogens with one attached hydrogen (secondary N) is 1. The van der Waals surface area contributed by atoms with Crippen LogP contribution in [0.4, 0.5) is 4.79 Å². The van der Waals surface area contributed by atoms with Gasteiger partial charge in [-0.3, -0.25) is 0 Å². The van der Waals surface area contributed by atoms with Crippen molar-refractivity contribution >= 4 is 6.09 Å². The lowest BCUT2D eigenvalue weighted by Gasteiger charge is -2.27. The SMILES string of the molecule is CC(C)C(C)(O)CNCCOC(N)=O. The summed E-state index contributed by atoms with van der Waals surface area (Å²) in [6.45, 7) is 6.84. The maximum atomic E-state index is 10.2. The Labute approximate surface area is 84.6 Å². The van der Waals surface area contributed by atoms with Crippen molar-refractivity contribution < 1.29 is 14.6 Å². The van der Waals surface area contributed by atoms with E-state index in [9.17, 15) is 9.90 Å². The van der Waals surface area contributed by atoms with Crippen LogP contribution in [-0.4, -0.2) is 36.5 Å². The van der Waals surface area contributed by atoms with E-state index in [1.165, 1.54) is 0 Å². The normalized spacial score (nSPS) is 15.2. The van der Waals surface area contributed by atoms with Gasteiger partial charge in [0.1, 0.15) is 6.61 Å². The van der Waals surface area contributed by atoms with Gasteiger partial charge in [-0.15, -0.1) is 0 Å². The average molecular weight is 204 g/mol. The van der Waals surface area contributed by atoms with Crippen LogP contribution in [-0.2, 0) is 4.74 Å². The first kappa shape index (κ1) is 13.2. The van der Waals surface area contributed by atoms with E-state index in [1.54, 1.807) is 6.92 Å². The lowest BCUT2D eigenvalue weighted by atomic mass is 9.93. The number of rotatable bonds is 6. The third-order valence-corrected chi connectivity index (χ3v) is 2.25. The Morgan fingerprint density at radius 2 is 2.21 bits per heavy atom. The van der Waals surface area contributed by atoms with Crippen LogP contribution >= 0.6 is 0 Å². The summed E-state index contributed by atoms with van der Waals surface area (Å²) in [6, 6.07) is 0. The van der Waals surface area contributed by atoms with Gasteiger partial charge in [-0.05, 0) is 12.8 Å². The lowest BCUT2D eigenvalue weighted by molar-refractivity contribution is 0.0135. The van der Waals surface area contributed by atoms with Gasteiger partial charge < -0.3 is 20.9 Å². The maximum Gasteiger partial charge on any atom is 0.404 e. The molecule has 0 saturated carbocycles. The summed E-state index contributed by atoms with van der Waals surface area (Å²) in [6.07, 6.45) is -0.776. The van der Waals surface area contributed by atoms with Crippen LogP contribution in [0.3, 0.4) is 0 Å². The molecule has 0 aromatic carbocycles. The molecule has 0 fully saturated rings. The van der Waals surface area contributed by atoms with Crippen molar-refractivity contribution in [2.75, 3.05) is 19.7 Å². The van der Waals surface area contributed by atoms with Crippen LogP contribution < -0.4 is 11.1 Å². The summed E-state index contributed by atoms with van der Waals surface area (Å²) >= 11 is 0. The number of aliphatic hydroxyl groups is 1. The molecule has 5 heteroatoms. The molecule has 0 aliphatic carbocycles. The first-order valence-electron chi connectivity index (χ1n) is 4.71. The molecule has 4 N–H and O–H groups in total. The predicted molar refractivity (Wildman–Crippen MR) is 53.9 cm³/mol. The minimum atomic E-state index is -0.776. The van der Waals surface area contributed by atoms with Crippen LogP contribution in [0.5, 0.6) is 0 Å². The third-order valence-electron chi connectivity index (χ3n) is 2.25. The largest absolute Gasteiger partial charge is 0.448 e. The molecule has 84 valence electrons. The fourth-order valence-corrected chi connectivity index (χ4v) is 0.769.